The molecule has 1 saturated heterocycles. The van der Waals surface area contributed by atoms with E-state index in [9.17, 15) is 13.2 Å². The monoisotopic (exact) mass is 506 g/mol. The highest BCUT2D eigenvalue weighted by molar-refractivity contribution is 7.86. The maximum atomic E-state index is 12.6. The molecule has 0 bridgehead atoms. The highest BCUT2D eigenvalue weighted by atomic mass is 32.2. The Kier molecular flexibility index (Phi) is 6.62. The molecule has 9 nitrogen and oxygen atoms in total. The molecule has 5 rings (SSSR count). The van der Waals surface area contributed by atoms with Gasteiger partial charge in [-0.1, -0.05) is 29.8 Å². The van der Waals surface area contributed by atoms with Crippen LogP contribution in [0, 0.1) is 6.92 Å². The molecule has 0 saturated carbocycles. The third-order valence-electron chi connectivity index (χ3n) is 6.03. The van der Waals surface area contributed by atoms with Crippen molar-refractivity contribution in [3.63, 3.8) is 0 Å². The first-order valence-corrected chi connectivity index (χ1v) is 13.0. The molecule has 1 aliphatic heterocycles. The number of ether oxygens (including phenoxy) is 1. The summed E-state index contributed by atoms with van der Waals surface area (Å²) in [5, 5.41) is 2.92. The summed E-state index contributed by atoms with van der Waals surface area (Å²) in [5.74, 6) is 0.655. The van der Waals surface area contributed by atoms with E-state index in [2.05, 4.69) is 15.3 Å². The third kappa shape index (κ3) is 5.05. The van der Waals surface area contributed by atoms with Crippen molar-refractivity contribution in [3.05, 3.63) is 84.2 Å². The van der Waals surface area contributed by atoms with Crippen LogP contribution in [-0.2, 0) is 14.3 Å². The molecule has 10 heteroatoms. The number of carbonyl (C=O) groups is 1. The summed E-state index contributed by atoms with van der Waals surface area (Å²) < 4.78 is 35.3. The molecule has 1 fully saturated rings. The molecular formula is C26H26N4O5S. The molecule has 186 valence electrons. The molecular weight excluding hydrogens is 480 g/mol. The fraction of sp³-hybridized carbons (Fsp3) is 0.231. The van der Waals surface area contributed by atoms with Crippen LogP contribution < -0.4 is 15.0 Å². The van der Waals surface area contributed by atoms with Crippen LogP contribution in [0.5, 0.6) is 5.75 Å². The summed E-state index contributed by atoms with van der Waals surface area (Å²) in [6.45, 7) is 2.72. The summed E-state index contributed by atoms with van der Waals surface area (Å²) in [6, 6.07) is 19.5. The van der Waals surface area contributed by atoms with Crippen LogP contribution in [0.2, 0.25) is 0 Å². The Labute approximate surface area is 209 Å². The Bertz CT molecular complexity index is 1470. The predicted octanol–water partition coefficient (Wildman–Crippen LogP) is 4.32. The SMILES string of the molecule is Cc1ccc(S(=O)(=O)OCCCOc2ccc(C3CNC(=O)N3c3ccc4nc[nH]c4c3)cc2)cc1. The van der Waals surface area contributed by atoms with Crippen molar-refractivity contribution in [2.75, 3.05) is 24.7 Å². The molecule has 1 aromatic heterocycles. The van der Waals surface area contributed by atoms with E-state index in [4.69, 9.17) is 8.92 Å². The van der Waals surface area contributed by atoms with Gasteiger partial charge in [0.05, 0.1) is 41.5 Å². The van der Waals surface area contributed by atoms with E-state index in [1.807, 2.05) is 49.4 Å². The number of nitrogens with zero attached hydrogens (tertiary/aromatic N) is 2. The second kappa shape index (κ2) is 10.00. The van der Waals surface area contributed by atoms with Gasteiger partial charge in [-0.3, -0.25) is 9.08 Å². The number of carbonyl (C=O) groups excluding carboxylic acids is 1. The summed E-state index contributed by atoms with van der Waals surface area (Å²) in [4.78, 5) is 21.8. The van der Waals surface area contributed by atoms with Gasteiger partial charge in [0, 0.05) is 18.7 Å². The number of urea groups is 1. The summed E-state index contributed by atoms with van der Waals surface area (Å²) in [6.07, 6.45) is 2.04. The van der Waals surface area contributed by atoms with Crippen LogP contribution in [-0.4, -0.2) is 44.2 Å². The van der Waals surface area contributed by atoms with E-state index in [0.29, 0.717) is 25.3 Å². The lowest BCUT2D eigenvalue weighted by atomic mass is 10.1. The van der Waals surface area contributed by atoms with Gasteiger partial charge in [-0.25, -0.2) is 9.78 Å². The van der Waals surface area contributed by atoms with Gasteiger partial charge in [-0.05, 0) is 55.0 Å². The normalized spacial score (nSPS) is 15.9. The first-order chi connectivity index (χ1) is 17.4. The van der Waals surface area contributed by atoms with Crippen molar-refractivity contribution < 1.29 is 22.1 Å². The van der Waals surface area contributed by atoms with E-state index in [0.717, 1.165) is 27.8 Å². The van der Waals surface area contributed by atoms with Crippen molar-refractivity contribution in [1.82, 2.24) is 15.3 Å². The minimum Gasteiger partial charge on any atom is -0.494 e. The van der Waals surface area contributed by atoms with Crippen LogP contribution >= 0.6 is 0 Å². The minimum atomic E-state index is -3.78. The molecule has 1 unspecified atom stereocenters. The molecule has 1 aliphatic rings. The molecule has 0 spiro atoms. The van der Waals surface area contributed by atoms with E-state index in [-0.39, 0.29) is 23.6 Å². The average Bonchev–Trinajstić information content (AvgIpc) is 3.50. The average molecular weight is 507 g/mol. The van der Waals surface area contributed by atoms with E-state index in [1.165, 1.54) is 12.1 Å². The van der Waals surface area contributed by atoms with Gasteiger partial charge in [0.15, 0.2) is 0 Å². The Hall–Kier alpha value is -3.89. The third-order valence-corrected chi connectivity index (χ3v) is 7.36. The molecule has 2 heterocycles. The number of aromatic amines is 1. The summed E-state index contributed by atoms with van der Waals surface area (Å²) >= 11 is 0. The molecule has 4 aromatic rings. The van der Waals surface area contributed by atoms with Crippen molar-refractivity contribution in [2.45, 2.75) is 24.3 Å². The molecule has 2 amide bonds. The number of anilines is 1. The molecule has 1 atom stereocenters. The predicted molar refractivity (Wildman–Crippen MR) is 136 cm³/mol. The lowest BCUT2D eigenvalue weighted by Gasteiger charge is -2.23. The summed E-state index contributed by atoms with van der Waals surface area (Å²) in [5.41, 5.74) is 4.44. The zero-order valence-electron chi connectivity index (χ0n) is 19.7. The molecule has 36 heavy (non-hydrogen) atoms. The lowest BCUT2D eigenvalue weighted by molar-refractivity contribution is 0.250. The second-order valence-corrected chi connectivity index (χ2v) is 10.2. The van der Waals surface area contributed by atoms with Crippen LogP contribution in [0.4, 0.5) is 10.5 Å². The molecule has 0 radical (unpaired) electrons. The van der Waals surface area contributed by atoms with Gasteiger partial charge in [0.2, 0.25) is 0 Å². The smallest absolute Gasteiger partial charge is 0.322 e. The minimum absolute atomic E-state index is 0.0276. The maximum absolute atomic E-state index is 12.6. The fourth-order valence-electron chi connectivity index (χ4n) is 4.12. The van der Waals surface area contributed by atoms with Gasteiger partial charge in [-0.15, -0.1) is 0 Å². The Morgan fingerprint density at radius 2 is 1.81 bits per heavy atom. The number of H-pyrrole nitrogens is 1. The van der Waals surface area contributed by atoms with Crippen LogP contribution in [0.25, 0.3) is 11.0 Å². The second-order valence-electron chi connectivity index (χ2n) is 8.54. The Balaban J connectivity index is 1.16. The Morgan fingerprint density at radius 3 is 2.58 bits per heavy atom. The van der Waals surface area contributed by atoms with Gasteiger partial charge < -0.3 is 15.0 Å². The van der Waals surface area contributed by atoms with E-state index in [1.54, 1.807) is 23.4 Å². The number of amides is 2. The lowest BCUT2D eigenvalue weighted by Crippen LogP contribution is -2.29. The van der Waals surface area contributed by atoms with Crippen molar-refractivity contribution in [3.8, 4) is 5.75 Å². The fourth-order valence-corrected chi connectivity index (χ4v) is 5.06. The van der Waals surface area contributed by atoms with Gasteiger partial charge in [0.25, 0.3) is 10.1 Å². The highest BCUT2D eigenvalue weighted by Gasteiger charge is 2.33. The number of nitrogens with one attached hydrogen (secondary N) is 2. The van der Waals surface area contributed by atoms with Crippen LogP contribution in [0.3, 0.4) is 0 Å². The Morgan fingerprint density at radius 1 is 1.03 bits per heavy atom. The highest BCUT2D eigenvalue weighted by Crippen LogP contribution is 2.32. The van der Waals surface area contributed by atoms with Crippen molar-refractivity contribution >= 4 is 32.9 Å². The van der Waals surface area contributed by atoms with Crippen molar-refractivity contribution in [1.29, 1.82) is 0 Å². The summed E-state index contributed by atoms with van der Waals surface area (Å²) in [7, 11) is -3.78. The molecule has 2 N–H and O–H groups in total. The maximum Gasteiger partial charge on any atom is 0.322 e. The largest absolute Gasteiger partial charge is 0.494 e. The number of aromatic nitrogens is 2. The number of hydrogen-bond donors (Lipinski definition) is 2. The van der Waals surface area contributed by atoms with E-state index >= 15 is 0 Å². The number of aryl methyl sites for hydroxylation is 1. The van der Waals surface area contributed by atoms with Gasteiger partial charge >= 0.3 is 6.03 Å². The quantitative estimate of drug-likeness (QED) is 0.258. The number of rotatable bonds is 9. The standard InChI is InChI=1S/C26H26N4O5S/c1-18-3-10-22(11-4-18)36(32,33)35-14-2-13-34-21-8-5-19(6-9-21)25-16-27-26(31)30(25)20-7-12-23-24(15-20)29-17-28-23/h3-12,15,17,25H,2,13-14,16H2,1H3,(H,27,31)(H,28,29). The number of fused-ring (bicyclic) bond motifs is 1. The zero-order valence-corrected chi connectivity index (χ0v) is 20.5. The number of imidazole rings is 1. The number of benzene rings is 3. The molecule has 3 aromatic carbocycles. The molecule has 0 aliphatic carbocycles. The van der Waals surface area contributed by atoms with Crippen LogP contribution in [0.1, 0.15) is 23.6 Å². The first kappa shape index (κ1) is 23.8. The topological polar surface area (TPSA) is 114 Å². The first-order valence-electron chi connectivity index (χ1n) is 11.6. The number of hydrogen-bond acceptors (Lipinski definition) is 6. The van der Waals surface area contributed by atoms with E-state index < -0.39 is 10.1 Å². The van der Waals surface area contributed by atoms with Crippen LogP contribution in [0.15, 0.2) is 78.0 Å². The van der Waals surface area contributed by atoms with Gasteiger partial charge in [-0.2, -0.15) is 8.42 Å². The van der Waals surface area contributed by atoms with Gasteiger partial charge in [0.1, 0.15) is 5.75 Å². The van der Waals surface area contributed by atoms with Crippen molar-refractivity contribution in [2.24, 2.45) is 0 Å². The zero-order chi connectivity index (χ0) is 25.1.